The van der Waals surface area contributed by atoms with Crippen molar-refractivity contribution in [1.29, 1.82) is 5.26 Å². The summed E-state index contributed by atoms with van der Waals surface area (Å²) in [7, 11) is 0. The molecule has 0 radical (unpaired) electrons. The van der Waals surface area contributed by atoms with Crippen molar-refractivity contribution < 1.29 is 4.79 Å². The van der Waals surface area contributed by atoms with E-state index in [2.05, 4.69) is 6.58 Å². The fourth-order valence-corrected chi connectivity index (χ4v) is 1.12. The van der Waals surface area contributed by atoms with Gasteiger partial charge >= 0.3 is 0 Å². The molecule has 0 amide bonds. The fourth-order valence-electron chi connectivity index (χ4n) is 1.12. The van der Waals surface area contributed by atoms with Crippen molar-refractivity contribution >= 4 is 5.78 Å². The maximum absolute atomic E-state index is 11.2. The number of benzene rings is 1. The smallest absolute Gasteiger partial charge is 0.185 e. The lowest BCUT2D eigenvalue weighted by Gasteiger charge is -2.00. The summed E-state index contributed by atoms with van der Waals surface area (Å²) in [6.45, 7) is 5.21. The molecule has 13 heavy (non-hydrogen) atoms. The number of nitrogens with zero attached hydrogens (tertiary/aromatic N) is 1. The highest BCUT2D eigenvalue weighted by molar-refractivity contribution is 6.05. The average Bonchev–Trinajstić information content (AvgIpc) is 2.16. The standard InChI is InChI=1S/C11H9NO/c1-3-11(13)10-5-4-9(7-12)6-8(10)2/h3-6H,1H2,2H3. The molecule has 0 aliphatic heterocycles. The van der Waals surface area contributed by atoms with E-state index in [1.165, 1.54) is 6.08 Å². The Morgan fingerprint density at radius 3 is 2.77 bits per heavy atom. The Kier molecular flexibility index (Phi) is 2.61. The molecule has 0 aliphatic rings. The SMILES string of the molecule is C=CC(=O)c1ccc(C#N)cc1C. The minimum absolute atomic E-state index is 0.109. The van der Waals surface area contributed by atoms with E-state index in [0.29, 0.717) is 11.1 Å². The Labute approximate surface area is 77.1 Å². The first-order valence-electron chi connectivity index (χ1n) is 3.86. The highest BCUT2D eigenvalue weighted by atomic mass is 16.1. The summed E-state index contributed by atoms with van der Waals surface area (Å²) in [5, 5.41) is 8.59. The van der Waals surface area contributed by atoms with Crippen LogP contribution in [0.4, 0.5) is 0 Å². The molecule has 2 heteroatoms. The van der Waals surface area contributed by atoms with Crippen LogP contribution in [0.3, 0.4) is 0 Å². The van der Waals surface area contributed by atoms with Crippen molar-refractivity contribution in [2.45, 2.75) is 6.92 Å². The Balaban J connectivity index is 3.21. The first-order valence-corrected chi connectivity index (χ1v) is 3.86. The van der Waals surface area contributed by atoms with Crippen LogP contribution in [0.1, 0.15) is 21.5 Å². The number of carbonyl (C=O) groups excluding carboxylic acids is 1. The molecule has 0 aliphatic carbocycles. The number of hydrogen-bond donors (Lipinski definition) is 0. The Hall–Kier alpha value is -1.88. The molecule has 1 aromatic rings. The topological polar surface area (TPSA) is 40.9 Å². The van der Waals surface area contributed by atoms with Crippen LogP contribution in [-0.4, -0.2) is 5.78 Å². The summed E-state index contributed by atoms with van der Waals surface area (Å²) in [5.74, 6) is -0.109. The van der Waals surface area contributed by atoms with Gasteiger partial charge in [0.15, 0.2) is 5.78 Å². The van der Waals surface area contributed by atoms with Crippen LogP contribution in [0.5, 0.6) is 0 Å². The summed E-state index contributed by atoms with van der Waals surface area (Å²) in [4.78, 5) is 11.2. The van der Waals surface area contributed by atoms with Crippen LogP contribution in [0.2, 0.25) is 0 Å². The molecule has 0 heterocycles. The predicted octanol–water partition coefficient (Wildman–Crippen LogP) is 2.24. The molecule has 0 aromatic heterocycles. The van der Waals surface area contributed by atoms with Crippen molar-refractivity contribution in [3.8, 4) is 6.07 Å². The van der Waals surface area contributed by atoms with Gasteiger partial charge in [0, 0.05) is 5.56 Å². The lowest BCUT2D eigenvalue weighted by atomic mass is 10.0. The van der Waals surface area contributed by atoms with E-state index in [1.807, 2.05) is 6.07 Å². The number of allylic oxidation sites excluding steroid dienone is 1. The van der Waals surface area contributed by atoms with Crippen molar-refractivity contribution in [2.24, 2.45) is 0 Å². The van der Waals surface area contributed by atoms with Crippen LogP contribution in [0.25, 0.3) is 0 Å². The lowest BCUT2D eigenvalue weighted by Crippen LogP contribution is -1.97. The summed E-state index contributed by atoms with van der Waals surface area (Å²) in [6, 6.07) is 6.99. The summed E-state index contributed by atoms with van der Waals surface area (Å²) >= 11 is 0. The van der Waals surface area contributed by atoms with Crippen LogP contribution < -0.4 is 0 Å². The molecule has 0 atom stereocenters. The molecule has 2 nitrogen and oxygen atoms in total. The molecular weight excluding hydrogens is 162 g/mol. The van der Waals surface area contributed by atoms with Gasteiger partial charge in [-0.1, -0.05) is 6.58 Å². The molecule has 0 bridgehead atoms. The van der Waals surface area contributed by atoms with Crippen molar-refractivity contribution in [1.82, 2.24) is 0 Å². The molecule has 1 rings (SSSR count). The highest BCUT2D eigenvalue weighted by Crippen LogP contribution is 2.11. The zero-order valence-corrected chi connectivity index (χ0v) is 7.37. The second-order valence-electron chi connectivity index (χ2n) is 2.71. The van der Waals surface area contributed by atoms with Gasteiger partial charge in [-0.05, 0) is 36.8 Å². The molecule has 0 saturated heterocycles. The zero-order valence-electron chi connectivity index (χ0n) is 7.37. The van der Waals surface area contributed by atoms with Gasteiger partial charge in [0.05, 0.1) is 11.6 Å². The number of nitriles is 1. The quantitative estimate of drug-likeness (QED) is 0.505. The number of hydrogen-bond acceptors (Lipinski definition) is 2. The Bertz CT molecular complexity index is 399. The molecule has 0 spiro atoms. The van der Waals surface area contributed by atoms with Crippen molar-refractivity contribution in [3.05, 3.63) is 47.5 Å². The van der Waals surface area contributed by atoms with Crippen LogP contribution >= 0.6 is 0 Å². The second kappa shape index (κ2) is 3.68. The van der Waals surface area contributed by atoms with Gasteiger partial charge < -0.3 is 0 Å². The minimum atomic E-state index is -0.109. The van der Waals surface area contributed by atoms with Gasteiger partial charge in [0.1, 0.15) is 0 Å². The summed E-state index contributed by atoms with van der Waals surface area (Å²) < 4.78 is 0. The predicted molar refractivity (Wildman–Crippen MR) is 50.4 cm³/mol. The van der Waals surface area contributed by atoms with E-state index in [-0.39, 0.29) is 5.78 Å². The molecular formula is C11H9NO. The van der Waals surface area contributed by atoms with Gasteiger partial charge in [0.25, 0.3) is 0 Å². The van der Waals surface area contributed by atoms with Gasteiger partial charge in [-0.2, -0.15) is 5.26 Å². The first kappa shape index (κ1) is 9.21. The highest BCUT2D eigenvalue weighted by Gasteiger charge is 2.04. The third kappa shape index (κ3) is 1.83. The van der Waals surface area contributed by atoms with E-state index in [0.717, 1.165) is 5.56 Å². The largest absolute Gasteiger partial charge is 0.289 e. The average molecular weight is 171 g/mol. The third-order valence-electron chi connectivity index (χ3n) is 1.81. The van der Waals surface area contributed by atoms with Gasteiger partial charge in [-0.15, -0.1) is 0 Å². The Morgan fingerprint density at radius 2 is 2.31 bits per heavy atom. The molecule has 64 valence electrons. The van der Waals surface area contributed by atoms with Gasteiger partial charge in [-0.3, -0.25) is 4.79 Å². The van der Waals surface area contributed by atoms with Crippen molar-refractivity contribution in [2.75, 3.05) is 0 Å². The molecule has 0 saturated carbocycles. The normalized spacial score (nSPS) is 8.92. The van der Waals surface area contributed by atoms with E-state index in [9.17, 15) is 4.79 Å². The molecule has 0 unspecified atom stereocenters. The third-order valence-corrected chi connectivity index (χ3v) is 1.81. The fraction of sp³-hybridized carbons (Fsp3) is 0.0909. The minimum Gasteiger partial charge on any atom is -0.289 e. The Morgan fingerprint density at radius 1 is 1.62 bits per heavy atom. The van der Waals surface area contributed by atoms with Gasteiger partial charge in [0.2, 0.25) is 0 Å². The molecule has 1 aromatic carbocycles. The summed E-state index contributed by atoms with van der Waals surface area (Å²) in [6.07, 6.45) is 1.27. The number of ketones is 1. The first-order chi connectivity index (χ1) is 6.19. The van der Waals surface area contributed by atoms with E-state index >= 15 is 0 Å². The number of aryl methyl sites for hydroxylation is 1. The number of carbonyl (C=O) groups is 1. The summed E-state index contributed by atoms with van der Waals surface area (Å²) in [5.41, 5.74) is 1.98. The zero-order chi connectivity index (χ0) is 9.84. The van der Waals surface area contributed by atoms with Crippen LogP contribution in [-0.2, 0) is 0 Å². The van der Waals surface area contributed by atoms with Gasteiger partial charge in [-0.25, -0.2) is 0 Å². The van der Waals surface area contributed by atoms with Crippen molar-refractivity contribution in [3.63, 3.8) is 0 Å². The lowest BCUT2D eigenvalue weighted by molar-refractivity contribution is 0.104. The van der Waals surface area contributed by atoms with Crippen LogP contribution in [0.15, 0.2) is 30.9 Å². The maximum atomic E-state index is 11.2. The maximum Gasteiger partial charge on any atom is 0.185 e. The monoisotopic (exact) mass is 171 g/mol. The molecule has 0 N–H and O–H groups in total. The van der Waals surface area contributed by atoms with E-state index < -0.39 is 0 Å². The van der Waals surface area contributed by atoms with Crippen LogP contribution in [0, 0.1) is 18.3 Å². The van der Waals surface area contributed by atoms with E-state index in [1.54, 1.807) is 25.1 Å². The number of rotatable bonds is 2. The molecule has 0 fully saturated rings. The second-order valence-corrected chi connectivity index (χ2v) is 2.71. The van der Waals surface area contributed by atoms with E-state index in [4.69, 9.17) is 5.26 Å².